The Morgan fingerprint density at radius 3 is 2.56 bits per heavy atom. The third-order valence-electron chi connectivity index (χ3n) is 2.92. The molecule has 0 aliphatic heterocycles. The SMILES string of the molecule is CCc1cc2c(OC)cc(OC)cc2nc1NN. The number of nitrogen functional groups attached to an aromatic ring is 1. The van der Waals surface area contributed by atoms with E-state index < -0.39 is 0 Å². The molecule has 18 heavy (non-hydrogen) atoms. The Morgan fingerprint density at radius 2 is 2.00 bits per heavy atom. The van der Waals surface area contributed by atoms with Crippen molar-refractivity contribution in [2.24, 2.45) is 5.84 Å². The Hall–Kier alpha value is -2.01. The molecule has 0 amide bonds. The lowest BCUT2D eigenvalue weighted by Crippen LogP contribution is -2.11. The molecule has 1 aromatic heterocycles. The number of hydrogen-bond acceptors (Lipinski definition) is 5. The zero-order chi connectivity index (χ0) is 13.1. The molecule has 0 radical (unpaired) electrons. The standard InChI is InChI=1S/C13H17N3O2/c1-4-8-5-10-11(15-13(8)16-14)6-9(17-2)7-12(10)18-3/h5-7H,4,14H2,1-3H3,(H,15,16). The normalized spacial score (nSPS) is 10.4. The minimum absolute atomic E-state index is 0.681. The van der Waals surface area contributed by atoms with Crippen LogP contribution < -0.4 is 20.7 Å². The summed E-state index contributed by atoms with van der Waals surface area (Å²) < 4.78 is 10.6. The Labute approximate surface area is 106 Å². The van der Waals surface area contributed by atoms with Crippen LogP contribution in [-0.4, -0.2) is 19.2 Å². The number of hydrogen-bond donors (Lipinski definition) is 2. The first-order chi connectivity index (χ1) is 8.73. The number of benzene rings is 1. The molecule has 0 saturated carbocycles. The fraction of sp³-hybridized carbons (Fsp3) is 0.308. The Bertz CT molecular complexity index is 570. The van der Waals surface area contributed by atoms with Gasteiger partial charge in [0.15, 0.2) is 0 Å². The van der Waals surface area contributed by atoms with Crippen molar-refractivity contribution in [1.82, 2.24) is 4.98 Å². The van der Waals surface area contributed by atoms with E-state index in [9.17, 15) is 0 Å². The lowest BCUT2D eigenvalue weighted by atomic mass is 10.1. The van der Waals surface area contributed by atoms with Crippen molar-refractivity contribution in [3.8, 4) is 11.5 Å². The molecule has 0 aliphatic rings. The second kappa shape index (κ2) is 5.10. The van der Waals surface area contributed by atoms with Crippen LogP contribution in [0, 0.1) is 0 Å². The van der Waals surface area contributed by atoms with E-state index in [-0.39, 0.29) is 0 Å². The van der Waals surface area contributed by atoms with Gasteiger partial charge in [0.25, 0.3) is 0 Å². The summed E-state index contributed by atoms with van der Waals surface area (Å²) in [6.45, 7) is 2.06. The zero-order valence-corrected chi connectivity index (χ0v) is 10.8. The van der Waals surface area contributed by atoms with Crippen LogP contribution in [0.1, 0.15) is 12.5 Å². The molecule has 2 rings (SSSR count). The molecule has 0 aliphatic carbocycles. The minimum atomic E-state index is 0.681. The number of methoxy groups -OCH3 is 2. The first kappa shape index (κ1) is 12.4. The molecule has 5 heteroatoms. The van der Waals surface area contributed by atoms with E-state index in [1.54, 1.807) is 14.2 Å². The van der Waals surface area contributed by atoms with E-state index in [0.29, 0.717) is 11.6 Å². The highest BCUT2D eigenvalue weighted by Crippen LogP contribution is 2.32. The van der Waals surface area contributed by atoms with Crippen LogP contribution in [0.5, 0.6) is 11.5 Å². The molecule has 1 heterocycles. The minimum Gasteiger partial charge on any atom is -0.497 e. The lowest BCUT2D eigenvalue weighted by molar-refractivity contribution is 0.398. The molecule has 0 fully saturated rings. The summed E-state index contributed by atoms with van der Waals surface area (Å²) in [5, 5.41) is 0.953. The van der Waals surface area contributed by atoms with E-state index >= 15 is 0 Å². The molecular weight excluding hydrogens is 230 g/mol. The highest BCUT2D eigenvalue weighted by atomic mass is 16.5. The predicted octanol–water partition coefficient (Wildman–Crippen LogP) is 2.10. The number of fused-ring (bicyclic) bond motifs is 1. The Balaban J connectivity index is 2.74. The molecule has 3 N–H and O–H groups in total. The van der Waals surface area contributed by atoms with E-state index in [4.69, 9.17) is 15.3 Å². The number of aryl methyl sites for hydroxylation is 1. The van der Waals surface area contributed by atoms with Crippen LogP contribution in [0.15, 0.2) is 18.2 Å². The zero-order valence-electron chi connectivity index (χ0n) is 10.8. The molecule has 96 valence electrons. The topological polar surface area (TPSA) is 69.4 Å². The summed E-state index contributed by atoms with van der Waals surface area (Å²) >= 11 is 0. The third-order valence-corrected chi connectivity index (χ3v) is 2.92. The maximum atomic E-state index is 5.48. The van der Waals surface area contributed by atoms with Crippen LogP contribution in [0.2, 0.25) is 0 Å². The second-order valence-corrected chi connectivity index (χ2v) is 3.89. The maximum Gasteiger partial charge on any atom is 0.143 e. The van der Waals surface area contributed by atoms with E-state index in [1.807, 2.05) is 18.2 Å². The summed E-state index contributed by atoms with van der Waals surface area (Å²) in [6, 6.07) is 5.74. The van der Waals surface area contributed by atoms with Gasteiger partial charge in [-0.05, 0) is 18.1 Å². The highest BCUT2D eigenvalue weighted by Gasteiger charge is 2.10. The van der Waals surface area contributed by atoms with Gasteiger partial charge in [0, 0.05) is 17.5 Å². The monoisotopic (exact) mass is 247 g/mol. The highest BCUT2D eigenvalue weighted by molar-refractivity contribution is 5.89. The molecule has 0 spiro atoms. The smallest absolute Gasteiger partial charge is 0.143 e. The summed E-state index contributed by atoms with van der Waals surface area (Å²) in [5.41, 5.74) is 4.46. The number of rotatable bonds is 4. The van der Waals surface area contributed by atoms with Crippen molar-refractivity contribution >= 4 is 16.7 Å². The lowest BCUT2D eigenvalue weighted by Gasteiger charge is -2.12. The number of anilines is 1. The Kier molecular flexibility index (Phi) is 3.53. The van der Waals surface area contributed by atoms with Gasteiger partial charge in [-0.3, -0.25) is 0 Å². The van der Waals surface area contributed by atoms with Crippen molar-refractivity contribution in [1.29, 1.82) is 0 Å². The van der Waals surface area contributed by atoms with Gasteiger partial charge in [-0.2, -0.15) is 0 Å². The van der Waals surface area contributed by atoms with Crippen LogP contribution in [0.25, 0.3) is 10.9 Å². The van der Waals surface area contributed by atoms with Crippen molar-refractivity contribution in [2.75, 3.05) is 19.6 Å². The van der Waals surface area contributed by atoms with Gasteiger partial charge in [0.1, 0.15) is 17.3 Å². The van der Waals surface area contributed by atoms with Crippen molar-refractivity contribution in [2.45, 2.75) is 13.3 Å². The van der Waals surface area contributed by atoms with Gasteiger partial charge in [-0.25, -0.2) is 10.8 Å². The van der Waals surface area contributed by atoms with E-state index in [0.717, 1.165) is 28.6 Å². The first-order valence-corrected chi connectivity index (χ1v) is 5.75. The van der Waals surface area contributed by atoms with Crippen LogP contribution >= 0.6 is 0 Å². The number of pyridine rings is 1. The van der Waals surface area contributed by atoms with Crippen molar-refractivity contribution in [3.63, 3.8) is 0 Å². The molecule has 0 bridgehead atoms. The fourth-order valence-corrected chi connectivity index (χ4v) is 1.94. The van der Waals surface area contributed by atoms with Crippen LogP contribution in [-0.2, 0) is 6.42 Å². The average Bonchev–Trinajstić information content (AvgIpc) is 2.44. The largest absolute Gasteiger partial charge is 0.497 e. The summed E-state index contributed by atoms with van der Waals surface area (Å²) in [6.07, 6.45) is 0.845. The molecule has 2 aromatic rings. The fourth-order valence-electron chi connectivity index (χ4n) is 1.94. The number of aromatic nitrogens is 1. The Morgan fingerprint density at radius 1 is 1.22 bits per heavy atom. The molecule has 5 nitrogen and oxygen atoms in total. The number of ether oxygens (including phenoxy) is 2. The van der Waals surface area contributed by atoms with Gasteiger partial charge >= 0.3 is 0 Å². The molecule has 0 saturated heterocycles. The molecule has 1 aromatic carbocycles. The van der Waals surface area contributed by atoms with Gasteiger partial charge in [-0.1, -0.05) is 6.92 Å². The average molecular weight is 247 g/mol. The van der Waals surface area contributed by atoms with Crippen molar-refractivity contribution in [3.05, 3.63) is 23.8 Å². The quantitative estimate of drug-likeness (QED) is 0.639. The number of nitrogens with one attached hydrogen (secondary N) is 1. The van der Waals surface area contributed by atoms with Gasteiger partial charge in [0.2, 0.25) is 0 Å². The first-order valence-electron chi connectivity index (χ1n) is 5.75. The van der Waals surface area contributed by atoms with Crippen LogP contribution in [0.3, 0.4) is 0 Å². The van der Waals surface area contributed by atoms with E-state index in [2.05, 4.69) is 17.3 Å². The number of hydrazine groups is 1. The maximum absolute atomic E-state index is 5.48. The molecule has 0 unspecified atom stereocenters. The predicted molar refractivity (Wildman–Crippen MR) is 72.0 cm³/mol. The summed E-state index contributed by atoms with van der Waals surface area (Å²) in [7, 11) is 3.25. The summed E-state index contributed by atoms with van der Waals surface area (Å²) in [4.78, 5) is 4.49. The summed E-state index contributed by atoms with van der Waals surface area (Å²) in [5.74, 6) is 7.62. The van der Waals surface area contributed by atoms with Gasteiger partial charge < -0.3 is 14.9 Å². The second-order valence-electron chi connectivity index (χ2n) is 3.89. The van der Waals surface area contributed by atoms with Crippen LogP contribution in [0.4, 0.5) is 5.82 Å². The molecular formula is C13H17N3O2. The van der Waals surface area contributed by atoms with Gasteiger partial charge in [-0.15, -0.1) is 0 Å². The van der Waals surface area contributed by atoms with E-state index in [1.165, 1.54) is 0 Å². The van der Waals surface area contributed by atoms with Gasteiger partial charge in [0.05, 0.1) is 19.7 Å². The number of nitrogens with two attached hydrogens (primary N) is 1. The molecule has 0 atom stereocenters. The van der Waals surface area contributed by atoms with Crippen molar-refractivity contribution < 1.29 is 9.47 Å². The third kappa shape index (κ3) is 2.04. The number of nitrogens with zero attached hydrogens (tertiary/aromatic N) is 1.